The molecule has 0 spiro atoms. The molecular weight excluding hydrogens is 336 g/mol. The zero-order valence-corrected chi connectivity index (χ0v) is 17.1. The average molecular weight is 371 g/mol. The Morgan fingerprint density at radius 2 is 1.75 bits per heavy atom. The van der Waals surface area contributed by atoms with Gasteiger partial charge in [0.15, 0.2) is 0 Å². The first-order valence-electron chi connectivity index (χ1n) is 8.85. The number of nitrogens with zero attached hydrogens (tertiary/aromatic N) is 2. The summed E-state index contributed by atoms with van der Waals surface area (Å²) >= 11 is 0. The van der Waals surface area contributed by atoms with E-state index in [4.69, 9.17) is 4.74 Å². The van der Waals surface area contributed by atoms with E-state index in [2.05, 4.69) is 54.0 Å². The lowest BCUT2D eigenvalue weighted by Crippen LogP contribution is -2.59. The van der Waals surface area contributed by atoms with Crippen LogP contribution in [0.4, 0.5) is 0 Å². The number of hydrogen-bond acceptors (Lipinski definition) is 3. The first-order valence-corrected chi connectivity index (χ1v) is 8.85. The summed E-state index contributed by atoms with van der Waals surface area (Å²) in [6.45, 7) is 11.4. The molecule has 1 aromatic carbocycles. The van der Waals surface area contributed by atoms with E-state index in [-0.39, 0.29) is 27.0 Å². The van der Waals surface area contributed by atoms with Gasteiger partial charge in [-0.1, -0.05) is 37.3 Å². The highest BCUT2D eigenvalue weighted by Crippen LogP contribution is 2.34. The van der Waals surface area contributed by atoms with Gasteiger partial charge in [0.05, 0.1) is 6.10 Å². The first-order chi connectivity index (χ1) is 10.7. The van der Waals surface area contributed by atoms with Crippen LogP contribution in [-0.2, 0) is 11.3 Å². The third-order valence-electron chi connectivity index (χ3n) is 5.59. The Morgan fingerprint density at radius 3 is 2.33 bits per heavy atom. The maximum atomic E-state index is 5.79. The Bertz CT molecular complexity index is 466. The highest BCUT2D eigenvalue weighted by atomic mass is 32.1. The lowest BCUT2D eigenvalue weighted by Gasteiger charge is -2.50. The van der Waals surface area contributed by atoms with Crippen molar-refractivity contribution in [3.63, 3.8) is 0 Å². The molecule has 0 aliphatic carbocycles. The van der Waals surface area contributed by atoms with E-state index in [1.54, 1.807) is 0 Å². The highest BCUT2D eigenvalue weighted by molar-refractivity contribution is 7.59. The molecule has 5 heteroatoms. The minimum Gasteiger partial charge on any atom is -0.378 e. The van der Waals surface area contributed by atoms with Crippen LogP contribution in [0.25, 0.3) is 0 Å². The molecule has 1 aromatic rings. The standard InChI is InChI=1S/C19H30N2O.2H2S/c1-3-19(9-14-22-17(2)15-19)21-12-10-20(11-13-21)16-18-7-5-4-6-8-18;;/h4-8,17H,3,9-16H2,1-2H3;2*1H2/t17-,19-;;/m0../s1. The molecule has 2 aliphatic rings. The number of piperazine rings is 1. The van der Waals surface area contributed by atoms with Crippen molar-refractivity contribution in [2.24, 2.45) is 0 Å². The molecule has 2 fully saturated rings. The zero-order valence-electron chi connectivity index (χ0n) is 15.1. The van der Waals surface area contributed by atoms with Gasteiger partial charge in [-0.15, -0.1) is 0 Å². The lowest BCUT2D eigenvalue weighted by molar-refractivity contribution is -0.0814. The molecule has 0 saturated carbocycles. The second-order valence-electron chi connectivity index (χ2n) is 6.96. The van der Waals surface area contributed by atoms with Gasteiger partial charge >= 0.3 is 0 Å². The van der Waals surface area contributed by atoms with Gasteiger partial charge in [0.25, 0.3) is 0 Å². The summed E-state index contributed by atoms with van der Waals surface area (Å²) in [6.07, 6.45) is 4.06. The van der Waals surface area contributed by atoms with Crippen molar-refractivity contribution in [2.75, 3.05) is 32.8 Å². The van der Waals surface area contributed by atoms with E-state index >= 15 is 0 Å². The second kappa shape index (κ2) is 10.1. The maximum absolute atomic E-state index is 5.79. The molecule has 3 nitrogen and oxygen atoms in total. The van der Waals surface area contributed by atoms with Crippen molar-refractivity contribution in [1.29, 1.82) is 0 Å². The van der Waals surface area contributed by atoms with Crippen LogP contribution in [0.15, 0.2) is 30.3 Å². The van der Waals surface area contributed by atoms with E-state index in [1.807, 2.05) is 0 Å². The molecule has 0 bridgehead atoms. The van der Waals surface area contributed by atoms with Crippen LogP contribution in [-0.4, -0.2) is 54.2 Å². The molecule has 2 saturated heterocycles. The van der Waals surface area contributed by atoms with E-state index in [1.165, 1.54) is 51.0 Å². The summed E-state index contributed by atoms with van der Waals surface area (Å²) in [5.74, 6) is 0. The second-order valence-corrected chi connectivity index (χ2v) is 6.96. The van der Waals surface area contributed by atoms with Crippen LogP contribution in [0.1, 0.15) is 38.7 Å². The van der Waals surface area contributed by atoms with Crippen molar-refractivity contribution in [3.8, 4) is 0 Å². The first kappa shape index (κ1) is 21.8. The summed E-state index contributed by atoms with van der Waals surface area (Å²) in [6, 6.07) is 10.8. The van der Waals surface area contributed by atoms with Crippen molar-refractivity contribution < 1.29 is 4.74 Å². The minimum atomic E-state index is 0. The topological polar surface area (TPSA) is 15.7 Å². The van der Waals surface area contributed by atoms with Crippen LogP contribution in [0.3, 0.4) is 0 Å². The third-order valence-corrected chi connectivity index (χ3v) is 5.59. The molecule has 138 valence electrons. The highest BCUT2D eigenvalue weighted by Gasteiger charge is 2.40. The Morgan fingerprint density at radius 1 is 1.08 bits per heavy atom. The van der Waals surface area contributed by atoms with Crippen molar-refractivity contribution >= 4 is 27.0 Å². The Balaban J connectivity index is 0.00000144. The third kappa shape index (κ3) is 5.15. The van der Waals surface area contributed by atoms with Crippen molar-refractivity contribution in [2.45, 2.75) is 51.3 Å². The Kier molecular flexibility index (Phi) is 9.17. The van der Waals surface area contributed by atoms with Gasteiger partial charge in [-0.25, -0.2) is 0 Å². The average Bonchev–Trinajstić information content (AvgIpc) is 2.56. The molecule has 0 amide bonds. The molecule has 2 aliphatic heterocycles. The van der Waals surface area contributed by atoms with E-state index in [9.17, 15) is 0 Å². The van der Waals surface area contributed by atoms with Gasteiger partial charge in [-0.2, -0.15) is 27.0 Å². The van der Waals surface area contributed by atoms with E-state index in [0.717, 1.165) is 13.2 Å². The zero-order chi connectivity index (χ0) is 15.4. The van der Waals surface area contributed by atoms with Gasteiger partial charge < -0.3 is 4.74 Å². The fourth-order valence-electron chi connectivity index (χ4n) is 4.20. The number of ether oxygens (including phenoxy) is 1. The summed E-state index contributed by atoms with van der Waals surface area (Å²) in [7, 11) is 0. The molecule has 0 N–H and O–H groups in total. The molecule has 0 unspecified atom stereocenters. The maximum Gasteiger partial charge on any atom is 0.0564 e. The van der Waals surface area contributed by atoms with Crippen molar-refractivity contribution in [3.05, 3.63) is 35.9 Å². The molecule has 2 atom stereocenters. The summed E-state index contributed by atoms with van der Waals surface area (Å²) in [5.41, 5.74) is 1.82. The summed E-state index contributed by atoms with van der Waals surface area (Å²) in [4.78, 5) is 5.35. The fourth-order valence-corrected chi connectivity index (χ4v) is 4.20. The van der Waals surface area contributed by atoms with E-state index in [0.29, 0.717) is 11.6 Å². The quantitative estimate of drug-likeness (QED) is 0.808. The predicted molar refractivity (Wildman–Crippen MR) is 112 cm³/mol. The van der Waals surface area contributed by atoms with Crippen LogP contribution in [0.2, 0.25) is 0 Å². The molecule has 0 radical (unpaired) electrons. The summed E-state index contributed by atoms with van der Waals surface area (Å²) in [5, 5.41) is 0. The lowest BCUT2D eigenvalue weighted by atomic mass is 9.82. The van der Waals surface area contributed by atoms with Gasteiger partial charge in [-0.3, -0.25) is 9.80 Å². The van der Waals surface area contributed by atoms with Crippen LogP contribution >= 0.6 is 27.0 Å². The normalized spacial score (nSPS) is 28.7. The van der Waals surface area contributed by atoms with Gasteiger partial charge in [0.1, 0.15) is 0 Å². The number of benzene rings is 1. The minimum absolute atomic E-state index is 0. The monoisotopic (exact) mass is 370 g/mol. The van der Waals surface area contributed by atoms with E-state index < -0.39 is 0 Å². The molecule has 2 heterocycles. The van der Waals surface area contributed by atoms with Gasteiger partial charge in [0, 0.05) is 44.9 Å². The fraction of sp³-hybridized carbons (Fsp3) is 0.684. The predicted octanol–water partition coefficient (Wildman–Crippen LogP) is 3.38. The van der Waals surface area contributed by atoms with Crippen LogP contribution < -0.4 is 0 Å². The Labute approximate surface area is 161 Å². The smallest absolute Gasteiger partial charge is 0.0564 e. The van der Waals surface area contributed by atoms with Crippen LogP contribution in [0.5, 0.6) is 0 Å². The largest absolute Gasteiger partial charge is 0.378 e. The Hall–Kier alpha value is -0.200. The number of rotatable bonds is 4. The van der Waals surface area contributed by atoms with Gasteiger partial charge in [-0.05, 0) is 31.7 Å². The molecule has 24 heavy (non-hydrogen) atoms. The number of hydrogen-bond donors (Lipinski definition) is 0. The molecular formula is C19H34N2OS2. The van der Waals surface area contributed by atoms with Crippen LogP contribution in [0, 0.1) is 0 Å². The molecule has 3 rings (SSSR count). The molecule has 0 aromatic heterocycles. The van der Waals surface area contributed by atoms with Crippen molar-refractivity contribution in [1.82, 2.24) is 9.80 Å². The SMILES string of the molecule is CC[C@]1(N2CCN(Cc3ccccc3)CC2)CCO[C@@H](C)C1.S.S. The van der Waals surface area contributed by atoms with Gasteiger partial charge in [0.2, 0.25) is 0 Å². The summed E-state index contributed by atoms with van der Waals surface area (Å²) < 4.78 is 5.79.